The number of thiazole rings is 1. The normalized spacial score (nSPS) is 17.8. The number of hydrogen-bond acceptors (Lipinski definition) is 11. The number of carbonyl (C=O) groups is 7. The molecule has 2 aromatic rings. The Kier molecular flexibility index (Phi) is 19.1. The van der Waals surface area contributed by atoms with E-state index < -0.39 is 54.0 Å². The third-order valence-corrected chi connectivity index (χ3v) is 12.0. The van der Waals surface area contributed by atoms with Gasteiger partial charge in [0.25, 0.3) is 5.91 Å². The summed E-state index contributed by atoms with van der Waals surface area (Å²) in [5.41, 5.74) is 1.05. The van der Waals surface area contributed by atoms with E-state index in [1.807, 2.05) is 39.6 Å². The number of methoxy groups -OCH3 is 1. The number of carbonyl (C=O) groups excluding carboxylic acids is 6. The van der Waals surface area contributed by atoms with Crippen molar-refractivity contribution in [2.45, 2.75) is 129 Å². The number of carboxylic acid groups (broad SMARTS) is 1. The summed E-state index contributed by atoms with van der Waals surface area (Å²) in [6, 6.07) is 1.90. The fraction of sp³-hybridized carbons (Fsp3) is 0.619. The summed E-state index contributed by atoms with van der Waals surface area (Å²) in [5, 5.41) is 25.2. The Balaban J connectivity index is 1.63. The van der Waals surface area contributed by atoms with Crippen molar-refractivity contribution in [3.8, 4) is 0 Å². The third kappa shape index (κ3) is 14.1. The number of carboxylic acids is 1. The first kappa shape index (κ1) is 49.4. The van der Waals surface area contributed by atoms with E-state index in [-0.39, 0.29) is 53.8 Å². The number of likely N-dealkylation sites (N-methyl/N-ethyl adjacent to an activating group) is 2. The van der Waals surface area contributed by atoms with Gasteiger partial charge in [-0.1, -0.05) is 52.7 Å². The molecule has 0 saturated carbocycles. The van der Waals surface area contributed by atoms with Crippen molar-refractivity contribution in [2.24, 2.45) is 11.8 Å². The number of nitrogens with one attached hydrogen (secondary N) is 5. The fourth-order valence-corrected chi connectivity index (χ4v) is 7.96. The van der Waals surface area contributed by atoms with E-state index in [2.05, 4.69) is 31.6 Å². The number of anilines is 1. The Bertz CT molecular complexity index is 1800. The van der Waals surface area contributed by atoms with Gasteiger partial charge in [0.05, 0.1) is 6.04 Å². The van der Waals surface area contributed by atoms with Gasteiger partial charge in [-0.2, -0.15) is 0 Å². The number of amides is 6. The number of benzene rings is 1. The van der Waals surface area contributed by atoms with E-state index in [9.17, 15) is 38.7 Å². The van der Waals surface area contributed by atoms with Gasteiger partial charge in [0.15, 0.2) is 0 Å². The van der Waals surface area contributed by atoms with Crippen LogP contribution in [-0.4, -0.2) is 125 Å². The minimum Gasteiger partial charge on any atom is -0.480 e. The van der Waals surface area contributed by atoms with Crippen LogP contribution in [-0.2, 0) is 39.9 Å². The van der Waals surface area contributed by atoms with Crippen molar-refractivity contribution in [2.75, 3.05) is 33.1 Å². The third-order valence-electron chi connectivity index (χ3n) is 11.1. The molecule has 2 heterocycles. The maximum absolute atomic E-state index is 14.1. The van der Waals surface area contributed by atoms with Crippen LogP contribution < -0.4 is 26.6 Å². The zero-order chi connectivity index (χ0) is 44.8. The van der Waals surface area contributed by atoms with Crippen LogP contribution in [0.25, 0.3) is 0 Å². The first-order valence-corrected chi connectivity index (χ1v) is 21.4. The lowest BCUT2D eigenvalue weighted by atomic mass is 9.92. The highest BCUT2D eigenvalue weighted by Gasteiger charge is 2.37. The zero-order valence-electron chi connectivity index (χ0n) is 36.5. The second kappa shape index (κ2) is 23.2. The molecule has 1 fully saturated rings. The predicted octanol–water partition coefficient (Wildman–Crippen LogP) is 3.11. The minimum absolute atomic E-state index is 0.00386. The molecule has 0 spiro atoms. The Morgan fingerprint density at radius 3 is 2.17 bits per heavy atom. The molecule has 1 aliphatic heterocycles. The van der Waals surface area contributed by atoms with Gasteiger partial charge in [0.1, 0.15) is 41.0 Å². The summed E-state index contributed by atoms with van der Waals surface area (Å²) in [6.07, 6.45) is 3.16. The largest absolute Gasteiger partial charge is 0.480 e. The number of aromatic nitrogens is 1. The molecular formula is C42H64N8O9S. The smallest absolute Gasteiger partial charge is 0.326 e. The average molecular weight is 857 g/mol. The number of ether oxygens (including phenoxy) is 1. The molecular weight excluding hydrogens is 793 g/mol. The van der Waals surface area contributed by atoms with Gasteiger partial charge < -0.3 is 41.3 Å². The first-order chi connectivity index (χ1) is 28.3. The fourth-order valence-electron chi connectivity index (χ4n) is 7.07. The molecule has 0 unspecified atom stereocenters. The van der Waals surface area contributed by atoms with Crippen molar-refractivity contribution < 1.29 is 43.4 Å². The van der Waals surface area contributed by atoms with E-state index in [4.69, 9.17) is 4.74 Å². The summed E-state index contributed by atoms with van der Waals surface area (Å²) in [5.74, 6) is -3.83. The topological polar surface area (TPSA) is 228 Å². The first-order valence-electron chi connectivity index (χ1n) is 20.5. The van der Waals surface area contributed by atoms with E-state index in [1.54, 1.807) is 48.5 Å². The van der Waals surface area contributed by atoms with Gasteiger partial charge in [0.2, 0.25) is 29.5 Å². The summed E-state index contributed by atoms with van der Waals surface area (Å²) >= 11 is 1.20. The molecule has 8 atom stereocenters. The number of rotatable bonds is 21. The van der Waals surface area contributed by atoms with Crippen LogP contribution in [0.15, 0.2) is 29.6 Å². The molecule has 1 aliphatic rings. The second-order valence-corrected chi connectivity index (χ2v) is 17.0. The number of nitrogens with zero attached hydrogens (tertiary/aromatic N) is 3. The highest BCUT2D eigenvalue weighted by Crippen LogP contribution is 2.30. The van der Waals surface area contributed by atoms with E-state index in [0.717, 1.165) is 25.8 Å². The highest BCUT2D eigenvalue weighted by atomic mass is 32.1. The van der Waals surface area contributed by atoms with Crippen LogP contribution in [0.2, 0.25) is 0 Å². The molecule has 1 aromatic carbocycles. The zero-order valence-corrected chi connectivity index (χ0v) is 37.3. The monoisotopic (exact) mass is 856 g/mol. The molecule has 332 valence electrons. The molecule has 3 rings (SSSR count). The van der Waals surface area contributed by atoms with Crippen molar-refractivity contribution in [1.29, 1.82) is 0 Å². The molecule has 17 nitrogen and oxygen atoms in total. The van der Waals surface area contributed by atoms with E-state index >= 15 is 0 Å². The number of aliphatic carboxylic acids is 1. The van der Waals surface area contributed by atoms with E-state index in [0.29, 0.717) is 29.1 Å². The van der Waals surface area contributed by atoms with Crippen molar-refractivity contribution >= 4 is 58.4 Å². The van der Waals surface area contributed by atoms with Crippen LogP contribution in [0.3, 0.4) is 0 Å². The van der Waals surface area contributed by atoms with Gasteiger partial charge >= 0.3 is 5.97 Å². The van der Waals surface area contributed by atoms with Crippen molar-refractivity contribution in [3.63, 3.8) is 0 Å². The summed E-state index contributed by atoms with van der Waals surface area (Å²) in [4.78, 5) is 97.8. The molecule has 6 N–H and O–H groups in total. The molecule has 1 saturated heterocycles. The summed E-state index contributed by atoms with van der Waals surface area (Å²) < 4.78 is 5.86. The lowest BCUT2D eigenvalue weighted by Gasteiger charge is -2.38. The van der Waals surface area contributed by atoms with Gasteiger partial charge in [-0.25, -0.2) is 9.78 Å². The van der Waals surface area contributed by atoms with Gasteiger partial charge in [0, 0.05) is 51.0 Å². The van der Waals surface area contributed by atoms with Crippen molar-refractivity contribution in [1.82, 2.24) is 36.1 Å². The molecule has 60 heavy (non-hydrogen) atoms. The van der Waals surface area contributed by atoms with Gasteiger partial charge in [-0.05, 0) is 69.8 Å². The standard InChI is InChI=1S/C42H64N8O9S/c1-11-24(4)35(48-39(55)32-14-12-13-19-49(32)8)41(56)50(9)33(23(2)3)21-34(59-10)40-47-31(22-60-40)38(54)44-26(6)37(53)46-30(42(57)58)20-28-15-17-29(18-16-28)45-36(52)25(5)43-27(7)51/h15-18,22-26,30,32-35H,11-14,19-21H2,1-10H3,(H,43,51)(H,44,54)(H,45,52)(H,46,53)(H,48,55)(H,57,58)/t24-,25-,26-,30-,32+,33+,34+,35-/m0/s1. The summed E-state index contributed by atoms with van der Waals surface area (Å²) in [7, 11) is 5.21. The van der Waals surface area contributed by atoms with Crippen LogP contribution >= 0.6 is 11.3 Å². The average Bonchev–Trinajstić information content (AvgIpc) is 3.70. The molecule has 0 bridgehead atoms. The van der Waals surface area contributed by atoms with Crippen LogP contribution in [0.1, 0.15) is 108 Å². The molecule has 0 aliphatic carbocycles. The Hall–Kier alpha value is -4.94. The molecule has 1 aromatic heterocycles. The van der Waals surface area contributed by atoms with Gasteiger partial charge in [-0.3, -0.25) is 33.7 Å². The Morgan fingerprint density at radius 2 is 1.60 bits per heavy atom. The number of likely N-dealkylation sites (tertiary alicyclic amines) is 1. The Morgan fingerprint density at radius 1 is 0.950 bits per heavy atom. The molecule has 6 amide bonds. The van der Waals surface area contributed by atoms with Gasteiger partial charge in [-0.15, -0.1) is 11.3 Å². The number of piperidine rings is 1. The second-order valence-electron chi connectivity index (χ2n) is 16.1. The number of hydrogen-bond donors (Lipinski definition) is 6. The lowest BCUT2D eigenvalue weighted by molar-refractivity contribution is -0.142. The Labute approximate surface area is 357 Å². The highest BCUT2D eigenvalue weighted by molar-refractivity contribution is 7.09. The predicted molar refractivity (Wildman–Crippen MR) is 228 cm³/mol. The van der Waals surface area contributed by atoms with Crippen LogP contribution in [0.4, 0.5) is 5.69 Å². The summed E-state index contributed by atoms with van der Waals surface area (Å²) in [6.45, 7) is 13.1. The minimum atomic E-state index is -1.32. The van der Waals surface area contributed by atoms with E-state index in [1.165, 1.54) is 32.3 Å². The maximum Gasteiger partial charge on any atom is 0.326 e. The molecule has 18 heteroatoms. The van der Waals surface area contributed by atoms with Crippen molar-refractivity contribution in [3.05, 3.63) is 45.9 Å². The quantitative estimate of drug-likeness (QED) is 0.107. The van der Waals surface area contributed by atoms with Crippen LogP contribution in [0.5, 0.6) is 0 Å². The van der Waals surface area contributed by atoms with Crippen LogP contribution in [0, 0.1) is 11.8 Å². The molecule has 0 radical (unpaired) electrons. The SMILES string of the molecule is CC[C@H](C)[C@H](NC(=O)[C@H]1CCCCN1C)C(=O)N(C)[C@H](C[C@@H](OC)c1nc(C(=O)N[C@@H](C)C(=O)N[C@@H](Cc2ccc(NC(=O)[C@H](C)NC(C)=O)cc2)C(=O)O)cs1)C(C)C. The maximum atomic E-state index is 14.1. The lowest BCUT2D eigenvalue weighted by Crippen LogP contribution is -2.58.